The summed E-state index contributed by atoms with van der Waals surface area (Å²) in [5, 5.41) is 8.92. The van der Waals surface area contributed by atoms with Crippen molar-refractivity contribution in [3.05, 3.63) is 145 Å². The van der Waals surface area contributed by atoms with Crippen molar-refractivity contribution in [2.45, 2.75) is 67.3 Å². The fourth-order valence-corrected chi connectivity index (χ4v) is 7.09. The van der Waals surface area contributed by atoms with Crippen LogP contribution in [0.3, 0.4) is 0 Å². The molecular weight excluding hydrogens is 761 g/mol. The topological polar surface area (TPSA) is 25.1 Å². The van der Waals surface area contributed by atoms with Crippen LogP contribution in [0, 0.1) is 0 Å². The van der Waals surface area contributed by atoms with Gasteiger partial charge in [-0.05, 0) is 104 Å². The first-order valence-corrected chi connectivity index (χ1v) is 21.9. The third kappa shape index (κ3) is 12.2. The minimum atomic E-state index is 0.886. The zero-order valence-corrected chi connectivity index (χ0v) is 38.9. The van der Waals surface area contributed by atoms with E-state index in [1.54, 1.807) is 0 Å². The van der Waals surface area contributed by atoms with Crippen molar-refractivity contribution in [2.24, 2.45) is 14.1 Å². The zero-order valence-electron chi connectivity index (χ0n) is 37.3. The summed E-state index contributed by atoms with van der Waals surface area (Å²) >= 11 is 3.54. The highest BCUT2D eigenvalue weighted by Crippen LogP contribution is 2.33. The van der Waals surface area contributed by atoms with E-state index >= 15 is 0 Å². The molecule has 0 fully saturated rings. The molecular formula is C52H69BrN4. The van der Waals surface area contributed by atoms with Gasteiger partial charge in [0.1, 0.15) is 0 Å². The highest BCUT2D eigenvalue weighted by molar-refractivity contribution is 9.08. The third-order valence-corrected chi connectivity index (χ3v) is 9.65. The fourth-order valence-electron chi connectivity index (χ4n) is 6.74. The lowest BCUT2D eigenvalue weighted by Crippen LogP contribution is -2.10. The predicted octanol–water partition coefficient (Wildman–Crippen LogP) is 14.9. The van der Waals surface area contributed by atoms with Gasteiger partial charge in [0, 0.05) is 69.6 Å². The van der Waals surface area contributed by atoms with Crippen LogP contribution >= 0.6 is 15.9 Å². The van der Waals surface area contributed by atoms with E-state index < -0.39 is 0 Å². The summed E-state index contributed by atoms with van der Waals surface area (Å²) in [7, 11) is 12.2. The number of hydrogen-bond acceptors (Lipinski definition) is 2. The Morgan fingerprint density at radius 3 is 1.19 bits per heavy atom. The Kier molecular flexibility index (Phi) is 21.7. The molecule has 2 aromatic heterocycles. The monoisotopic (exact) mass is 828 g/mol. The minimum Gasteiger partial charge on any atom is -0.344 e. The highest BCUT2D eigenvalue weighted by atomic mass is 79.9. The molecule has 0 amide bonds. The number of fused-ring (bicyclic) bond motifs is 6. The summed E-state index contributed by atoms with van der Waals surface area (Å²) in [5.41, 5.74) is 12.9. The van der Waals surface area contributed by atoms with Gasteiger partial charge in [-0.3, -0.25) is 0 Å². The van der Waals surface area contributed by atoms with E-state index in [-0.39, 0.29) is 0 Å². The SMILES string of the molecule is CC.CC.CC.CC.CN(C)Cc1cccc(-c2ccc3c(c2)c2ccccc2n3C)c1.CNC.Cn1c2ccccc2c2cc(-c3cccc(CBr)c3)ccc21. The number of nitrogens with zero attached hydrogens (tertiary/aromatic N) is 3. The van der Waals surface area contributed by atoms with Gasteiger partial charge >= 0.3 is 0 Å². The maximum atomic E-state index is 3.54. The Bertz CT molecular complexity index is 2360. The number of halogens is 1. The van der Waals surface area contributed by atoms with E-state index in [0.717, 1.165) is 11.9 Å². The van der Waals surface area contributed by atoms with E-state index in [1.165, 1.54) is 77.0 Å². The number of benzene rings is 6. The number of rotatable bonds is 5. The van der Waals surface area contributed by atoms with Crippen molar-refractivity contribution >= 4 is 59.5 Å². The largest absolute Gasteiger partial charge is 0.344 e. The summed E-state index contributed by atoms with van der Waals surface area (Å²) in [6.07, 6.45) is 0. The molecule has 0 unspecified atom stereocenters. The normalized spacial score (nSPS) is 10.0. The number of nitrogens with one attached hydrogen (secondary N) is 1. The van der Waals surface area contributed by atoms with Crippen LogP contribution in [-0.4, -0.2) is 42.2 Å². The first-order chi connectivity index (χ1) is 27.8. The van der Waals surface area contributed by atoms with Gasteiger partial charge in [-0.25, -0.2) is 0 Å². The van der Waals surface area contributed by atoms with Crippen LogP contribution in [-0.2, 0) is 26.0 Å². The van der Waals surface area contributed by atoms with Crippen LogP contribution in [0.15, 0.2) is 133 Å². The molecule has 1 N–H and O–H groups in total. The minimum absolute atomic E-state index is 0.886. The standard InChI is InChI=1S/C22H22N2.C20H16BrN.C2H7N.4C2H6/c1-23(2)15-16-7-6-8-17(13-16)18-11-12-22-20(14-18)19-9-4-5-10-21(19)24(22)3;1-22-19-8-3-2-7-17(19)18-12-16(9-10-20(18)22)15-6-4-5-14(11-15)13-21;1-3-2;4*1-2/h4-14H,15H2,1-3H3;2-12H,13H2,1H3;3H,1-2H3;4*1-2H3. The molecule has 0 saturated heterocycles. The second-order valence-electron chi connectivity index (χ2n) is 12.9. The Hall–Kier alpha value is -4.68. The second-order valence-corrected chi connectivity index (χ2v) is 13.4. The maximum absolute atomic E-state index is 3.54. The lowest BCUT2D eigenvalue weighted by Gasteiger charge is -2.11. The molecule has 8 aromatic rings. The molecule has 0 atom stereocenters. The molecule has 0 aliphatic carbocycles. The molecule has 6 aromatic carbocycles. The molecule has 0 aliphatic rings. The molecule has 0 saturated carbocycles. The van der Waals surface area contributed by atoms with E-state index in [1.807, 2.05) is 69.5 Å². The lowest BCUT2D eigenvalue weighted by atomic mass is 10.0. The molecule has 0 aliphatic heterocycles. The molecule has 5 heteroatoms. The Morgan fingerprint density at radius 2 is 0.789 bits per heavy atom. The fraction of sp³-hybridized carbons (Fsp3) is 0.308. The highest BCUT2D eigenvalue weighted by Gasteiger charge is 2.11. The first-order valence-electron chi connectivity index (χ1n) is 20.7. The quantitative estimate of drug-likeness (QED) is 0.175. The smallest absolute Gasteiger partial charge is 0.0489 e. The Balaban J connectivity index is 0.000000317. The van der Waals surface area contributed by atoms with E-state index in [9.17, 15) is 0 Å². The second kappa shape index (κ2) is 25.5. The van der Waals surface area contributed by atoms with Crippen molar-refractivity contribution in [1.29, 1.82) is 0 Å². The van der Waals surface area contributed by atoms with Crippen molar-refractivity contribution in [3.63, 3.8) is 0 Å². The summed E-state index contributed by atoms with van der Waals surface area (Å²) in [6, 6.07) is 48.3. The lowest BCUT2D eigenvalue weighted by molar-refractivity contribution is 0.402. The van der Waals surface area contributed by atoms with Gasteiger partial charge in [0.25, 0.3) is 0 Å². The van der Waals surface area contributed by atoms with Crippen LogP contribution in [0.2, 0.25) is 0 Å². The molecule has 8 rings (SSSR count). The first kappa shape index (κ1) is 48.5. The molecule has 4 nitrogen and oxygen atoms in total. The molecule has 0 radical (unpaired) electrons. The molecule has 0 spiro atoms. The van der Waals surface area contributed by atoms with Gasteiger partial charge in [-0.2, -0.15) is 0 Å². The number of aryl methyl sites for hydroxylation is 2. The van der Waals surface area contributed by atoms with Gasteiger partial charge in [0.05, 0.1) is 0 Å². The van der Waals surface area contributed by atoms with Gasteiger partial charge in [0.15, 0.2) is 0 Å². The average Bonchev–Trinajstić information content (AvgIpc) is 3.73. The third-order valence-electron chi connectivity index (χ3n) is 9.00. The number of aromatic nitrogens is 2. The Morgan fingerprint density at radius 1 is 0.439 bits per heavy atom. The van der Waals surface area contributed by atoms with Crippen molar-refractivity contribution in [3.8, 4) is 22.3 Å². The predicted molar refractivity (Wildman–Crippen MR) is 262 cm³/mol. The van der Waals surface area contributed by atoms with Gasteiger partial charge in [-0.1, -0.05) is 162 Å². The van der Waals surface area contributed by atoms with Crippen LogP contribution in [0.4, 0.5) is 0 Å². The van der Waals surface area contributed by atoms with E-state index in [0.29, 0.717) is 0 Å². The van der Waals surface area contributed by atoms with Gasteiger partial charge < -0.3 is 19.4 Å². The summed E-state index contributed by atoms with van der Waals surface area (Å²) < 4.78 is 4.54. The van der Waals surface area contributed by atoms with E-state index in [4.69, 9.17) is 0 Å². The van der Waals surface area contributed by atoms with Crippen LogP contribution in [0.25, 0.3) is 65.9 Å². The number of alkyl halides is 1. The number of hydrogen-bond donors (Lipinski definition) is 1. The van der Waals surface area contributed by atoms with Crippen molar-refractivity contribution in [2.75, 3.05) is 28.2 Å². The average molecular weight is 830 g/mol. The van der Waals surface area contributed by atoms with E-state index in [2.05, 4.69) is 197 Å². The zero-order chi connectivity index (χ0) is 42.5. The summed E-state index contributed by atoms with van der Waals surface area (Å²) in [4.78, 5) is 2.20. The van der Waals surface area contributed by atoms with Gasteiger partial charge in [0.2, 0.25) is 0 Å². The summed E-state index contributed by atoms with van der Waals surface area (Å²) in [6.45, 7) is 17.0. The van der Waals surface area contributed by atoms with Crippen molar-refractivity contribution < 1.29 is 0 Å². The molecule has 57 heavy (non-hydrogen) atoms. The van der Waals surface area contributed by atoms with Crippen LogP contribution < -0.4 is 5.32 Å². The van der Waals surface area contributed by atoms with Crippen LogP contribution in [0.1, 0.15) is 66.5 Å². The Labute approximate surface area is 353 Å². The van der Waals surface area contributed by atoms with Crippen LogP contribution in [0.5, 0.6) is 0 Å². The number of para-hydroxylation sites is 2. The maximum Gasteiger partial charge on any atom is 0.0489 e. The van der Waals surface area contributed by atoms with Crippen molar-refractivity contribution in [1.82, 2.24) is 19.4 Å². The molecule has 2 heterocycles. The summed E-state index contributed by atoms with van der Waals surface area (Å²) in [5.74, 6) is 0. The molecule has 304 valence electrons. The van der Waals surface area contributed by atoms with Gasteiger partial charge in [-0.15, -0.1) is 0 Å². The molecule has 0 bridgehead atoms.